The van der Waals surface area contributed by atoms with Gasteiger partial charge in [0.15, 0.2) is 0 Å². The highest BCUT2D eigenvalue weighted by atomic mass is 16.6. The summed E-state index contributed by atoms with van der Waals surface area (Å²) in [5, 5.41) is 2.90. The first-order valence-corrected chi connectivity index (χ1v) is 21.1. The highest BCUT2D eigenvalue weighted by Crippen LogP contribution is 2.11. The first-order valence-electron chi connectivity index (χ1n) is 21.1. The van der Waals surface area contributed by atoms with Crippen molar-refractivity contribution in [3.05, 3.63) is 0 Å². The van der Waals surface area contributed by atoms with Gasteiger partial charge in [-0.05, 0) is 0 Å². The Balaban J connectivity index is 3.59. The van der Waals surface area contributed by atoms with Crippen LogP contribution in [-0.2, 0) is 90.2 Å². The second-order valence-electron chi connectivity index (χ2n) is 12.7. The van der Waals surface area contributed by atoms with Gasteiger partial charge in [0.25, 0.3) is 0 Å². The lowest BCUT2D eigenvalue weighted by Gasteiger charge is -2.34. The number of carbonyl (C=O) groups excluding carboxylic acids is 4. The van der Waals surface area contributed by atoms with Crippen LogP contribution in [0.1, 0.15) is 25.7 Å². The van der Waals surface area contributed by atoms with Crippen molar-refractivity contribution in [1.82, 2.24) is 5.32 Å². The minimum atomic E-state index is -1.09. The average molecular weight is 889 g/mol. The third kappa shape index (κ3) is 45.7. The van der Waals surface area contributed by atoms with Crippen LogP contribution in [0.3, 0.4) is 0 Å². The van der Waals surface area contributed by atoms with Crippen molar-refractivity contribution in [2.75, 3.05) is 205 Å². The van der Waals surface area contributed by atoms with Crippen LogP contribution in [0.25, 0.3) is 0 Å². The Morgan fingerprint density at radius 2 is 0.574 bits per heavy atom. The smallest absolute Gasteiger partial charge is 0.222 e. The molecule has 0 aliphatic heterocycles. The van der Waals surface area contributed by atoms with Gasteiger partial charge in [-0.3, -0.25) is 4.79 Å². The Kier molecular flexibility index (Phi) is 48.7. The Labute approximate surface area is 361 Å². The van der Waals surface area contributed by atoms with Crippen LogP contribution in [0.15, 0.2) is 0 Å². The molecule has 0 aromatic heterocycles. The summed E-state index contributed by atoms with van der Waals surface area (Å²) in [6, 6.07) is 0. The van der Waals surface area contributed by atoms with E-state index in [1.807, 2.05) is 0 Å². The molecule has 0 aromatic carbocycles. The van der Waals surface area contributed by atoms with Gasteiger partial charge in [-0.25, -0.2) is 0 Å². The second-order valence-corrected chi connectivity index (χ2v) is 12.7. The van der Waals surface area contributed by atoms with Gasteiger partial charge < -0.3 is 96.5 Å². The molecular weight excluding hydrogens is 812 g/mol. The minimum absolute atomic E-state index is 0.00215. The molecule has 0 saturated heterocycles. The van der Waals surface area contributed by atoms with Gasteiger partial charge >= 0.3 is 0 Å². The second kappa shape index (κ2) is 50.5. The van der Waals surface area contributed by atoms with E-state index in [4.69, 9.17) is 76.8 Å². The SMILES string of the molecule is NCCOCCOCCOCCOCCOCCOCCOCCOCCOCCOCCOCCOCCC(=O)NC(COCCC=O)(COCCC=O)COCCC=O. The summed E-state index contributed by atoms with van der Waals surface area (Å²) in [6.07, 6.45) is 2.81. The summed E-state index contributed by atoms with van der Waals surface area (Å²) in [6.45, 7) is 11.7. The Morgan fingerprint density at radius 3 is 0.803 bits per heavy atom. The lowest BCUT2D eigenvalue weighted by molar-refractivity contribution is -0.129. The molecule has 0 aromatic rings. The van der Waals surface area contributed by atoms with Crippen molar-refractivity contribution in [2.45, 2.75) is 31.2 Å². The topological polar surface area (TPSA) is 245 Å². The third-order valence-electron chi connectivity index (χ3n) is 7.51. The number of nitrogens with one attached hydrogen (secondary N) is 1. The van der Waals surface area contributed by atoms with Crippen LogP contribution < -0.4 is 11.1 Å². The first-order chi connectivity index (χ1) is 30.1. The van der Waals surface area contributed by atoms with Gasteiger partial charge in [-0.1, -0.05) is 0 Å². The molecule has 0 saturated carbocycles. The van der Waals surface area contributed by atoms with Crippen LogP contribution >= 0.6 is 0 Å². The Hall–Kier alpha value is -2.16. The predicted molar refractivity (Wildman–Crippen MR) is 219 cm³/mol. The molecule has 0 radical (unpaired) electrons. The van der Waals surface area contributed by atoms with Crippen molar-refractivity contribution >= 4 is 24.8 Å². The summed E-state index contributed by atoms with van der Waals surface area (Å²) >= 11 is 0. The molecule has 0 unspecified atom stereocenters. The Morgan fingerprint density at radius 1 is 0.344 bits per heavy atom. The fraction of sp³-hybridized carbons (Fsp3) is 0.900. The summed E-state index contributed by atoms with van der Waals surface area (Å²) in [4.78, 5) is 44.9. The van der Waals surface area contributed by atoms with Gasteiger partial charge in [0.2, 0.25) is 5.91 Å². The zero-order valence-corrected chi connectivity index (χ0v) is 36.3. The molecule has 0 spiro atoms. The van der Waals surface area contributed by atoms with Crippen molar-refractivity contribution in [3.8, 4) is 0 Å². The van der Waals surface area contributed by atoms with Crippen molar-refractivity contribution in [1.29, 1.82) is 0 Å². The van der Waals surface area contributed by atoms with E-state index in [1.54, 1.807) is 0 Å². The number of aldehydes is 3. The molecule has 0 atom stereocenters. The van der Waals surface area contributed by atoms with E-state index in [0.717, 1.165) is 18.9 Å². The van der Waals surface area contributed by atoms with Gasteiger partial charge in [0, 0.05) is 32.2 Å². The fourth-order valence-corrected chi connectivity index (χ4v) is 4.56. The standard InChI is InChI=1S/C40H76N2O19/c41-5-13-48-15-17-50-19-21-52-23-25-54-27-29-56-31-33-58-35-34-57-32-30-55-28-26-53-24-22-51-20-18-49-16-14-47-12-4-39(46)42-40(36-59-9-1-6-43,37-60-10-2-7-44)38-61-11-3-8-45/h6-8H,1-5,9-38,41H2,(H,42,46). The molecule has 0 aliphatic rings. The summed E-state index contributed by atoms with van der Waals surface area (Å²) in [5.41, 5.74) is 4.25. The van der Waals surface area contributed by atoms with Crippen molar-refractivity contribution in [3.63, 3.8) is 0 Å². The first kappa shape index (κ1) is 58.8. The number of hydrogen-bond donors (Lipinski definition) is 2. The molecule has 1 amide bonds. The van der Waals surface area contributed by atoms with Crippen LogP contribution in [0, 0.1) is 0 Å². The molecule has 0 fully saturated rings. The third-order valence-corrected chi connectivity index (χ3v) is 7.51. The lowest BCUT2D eigenvalue weighted by atomic mass is 10.0. The molecular formula is C40H76N2O19. The van der Waals surface area contributed by atoms with Gasteiger partial charge in [-0.2, -0.15) is 0 Å². The predicted octanol–water partition coefficient (Wildman–Crippen LogP) is -0.794. The highest BCUT2D eigenvalue weighted by Gasteiger charge is 2.33. The molecule has 3 N–H and O–H groups in total. The van der Waals surface area contributed by atoms with Crippen LogP contribution in [0.5, 0.6) is 0 Å². The van der Waals surface area contributed by atoms with E-state index in [9.17, 15) is 19.2 Å². The molecule has 0 bridgehead atoms. The summed E-state index contributed by atoms with van der Waals surface area (Å²) in [7, 11) is 0. The minimum Gasteiger partial charge on any atom is -0.379 e. The fourth-order valence-electron chi connectivity index (χ4n) is 4.56. The van der Waals surface area contributed by atoms with E-state index >= 15 is 0 Å². The molecule has 0 heterocycles. The van der Waals surface area contributed by atoms with E-state index in [-0.39, 0.29) is 84.4 Å². The van der Waals surface area contributed by atoms with Gasteiger partial charge in [-0.15, -0.1) is 0 Å². The number of hydrogen-bond acceptors (Lipinski definition) is 20. The maximum Gasteiger partial charge on any atom is 0.222 e. The molecule has 360 valence electrons. The molecule has 21 nitrogen and oxygen atoms in total. The summed E-state index contributed by atoms with van der Waals surface area (Å²) in [5.74, 6) is -0.331. The number of amides is 1. The van der Waals surface area contributed by atoms with Gasteiger partial charge in [0.1, 0.15) is 24.4 Å². The van der Waals surface area contributed by atoms with E-state index in [0.29, 0.717) is 152 Å². The number of carbonyl (C=O) groups is 4. The average Bonchev–Trinajstić information content (AvgIpc) is 3.26. The molecule has 21 heteroatoms. The molecule has 0 rings (SSSR count). The zero-order valence-electron chi connectivity index (χ0n) is 36.3. The molecule has 0 aliphatic carbocycles. The van der Waals surface area contributed by atoms with Gasteiger partial charge in [0.05, 0.1) is 198 Å². The maximum absolute atomic E-state index is 12.8. The van der Waals surface area contributed by atoms with E-state index < -0.39 is 5.54 Å². The van der Waals surface area contributed by atoms with Crippen LogP contribution in [0.4, 0.5) is 0 Å². The van der Waals surface area contributed by atoms with E-state index in [1.165, 1.54) is 0 Å². The number of ether oxygens (including phenoxy) is 15. The lowest BCUT2D eigenvalue weighted by Crippen LogP contribution is -2.58. The van der Waals surface area contributed by atoms with Crippen molar-refractivity contribution < 1.29 is 90.2 Å². The quantitative estimate of drug-likeness (QED) is 0.0561. The highest BCUT2D eigenvalue weighted by molar-refractivity contribution is 5.77. The van der Waals surface area contributed by atoms with Crippen LogP contribution in [-0.4, -0.2) is 235 Å². The van der Waals surface area contributed by atoms with Crippen LogP contribution in [0.2, 0.25) is 0 Å². The van der Waals surface area contributed by atoms with Crippen molar-refractivity contribution in [2.24, 2.45) is 5.73 Å². The van der Waals surface area contributed by atoms with E-state index in [2.05, 4.69) is 5.32 Å². The Bertz CT molecular complexity index is 902. The number of rotatable bonds is 54. The number of nitrogens with two attached hydrogens (primary N) is 1. The largest absolute Gasteiger partial charge is 0.379 e. The summed E-state index contributed by atoms with van der Waals surface area (Å²) < 4.78 is 82.2. The normalized spacial score (nSPS) is 11.6. The maximum atomic E-state index is 12.8. The zero-order chi connectivity index (χ0) is 44.3. The monoisotopic (exact) mass is 889 g/mol. The molecule has 61 heavy (non-hydrogen) atoms.